The molecule has 5 aromatic rings. The maximum atomic E-state index is 13.1. The fourth-order valence-corrected chi connectivity index (χ4v) is 5.89. The molecule has 0 aliphatic rings. The lowest BCUT2D eigenvalue weighted by Crippen LogP contribution is -2.26. The van der Waals surface area contributed by atoms with Crippen molar-refractivity contribution in [2.75, 3.05) is 16.4 Å². The summed E-state index contributed by atoms with van der Waals surface area (Å²) in [5, 5.41) is 9.20. The molecular weight excluding hydrogens is 564 g/mol. The highest BCUT2D eigenvalue weighted by Crippen LogP contribution is 2.31. The first-order valence-electron chi connectivity index (χ1n) is 12.3. The van der Waals surface area contributed by atoms with Crippen LogP contribution in [0.2, 0.25) is 5.02 Å². The molecule has 1 aromatic heterocycles. The molecule has 5 rings (SSSR count). The number of aromatic nitrogens is 1. The number of benzene rings is 4. The number of hydrogen-bond acceptors (Lipinski definition) is 6. The van der Waals surface area contributed by atoms with Crippen LogP contribution in [0.3, 0.4) is 0 Å². The maximum Gasteiger partial charge on any atom is 0.256 e. The van der Waals surface area contributed by atoms with Gasteiger partial charge in [0.1, 0.15) is 0 Å². The van der Waals surface area contributed by atoms with Crippen molar-refractivity contribution in [1.82, 2.24) is 10.3 Å². The predicted octanol–water partition coefficient (Wildman–Crippen LogP) is 6.86. The van der Waals surface area contributed by atoms with E-state index in [2.05, 4.69) is 20.9 Å². The predicted molar refractivity (Wildman–Crippen MR) is 162 cm³/mol. The zero-order valence-electron chi connectivity index (χ0n) is 21.0. The van der Waals surface area contributed by atoms with Crippen LogP contribution in [0.15, 0.2) is 101 Å². The Hall–Kier alpha value is -4.18. The summed E-state index contributed by atoms with van der Waals surface area (Å²) in [5.41, 5.74) is 3.57. The number of thiazole rings is 1. The maximum absolute atomic E-state index is 13.1. The van der Waals surface area contributed by atoms with Gasteiger partial charge in [0, 0.05) is 22.9 Å². The Labute approximate surface area is 244 Å². The molecular formula is C30H23ClN4O3S2. The molecule has 3 amide bonds. The Balaban J connectivity index is 1.21. The van der Waals surface area contributed by atoms with Crippen molar-refractivity contribution in [2.45, 2.75) is 10.9 Å². The van der Waals surface area contributed by atoms with Gasteiger partial charge < -0.3 is 16.0 Å². The molecule has 7 nitrogen and oxygen atoms in total. The second-order valence-corrected chi connectivity index (χ2v) is 11.4. The number of thioether (sulfide) groups is 1. The standard InChI is InChI=1S/C30H23ClN4O3S2/c31-20-10-12-21(13-11-20)33-27(36)18-39-30-35-25-15-14-22(16-26(25)40-30)34-29(38)24-9-5-4-8-23(24)28(37)32-17-19-6-2-1-3-7-19/h1-16H,17-18H2,(H,32,37)(H,33,36)(H,34,38). The van der Waals surface area contributed by atoms with Gasteiger partial charge in [-0.25, -0.2) is 4.98 Å². The van der Waals surface area contributed by atoms with Gasteiger partial charge in [-0.1, -0.05) is 65.8 Å². The molecule has 10 heteroatoms. The second kappa shape index (κ2) is 12.8. The van der Waals surface area contributed by atoms with Gasteiger partial charge in [-0.2, -0.15) is 0 Å². The van der Waals surface area contributed by atoms with E-state index in [-0.39, 0.29) is 29.0 Å². The number of fused-ring (bicyclic) bond motifs is 1. The van der Waals surface area contributed by atoms with Crippen molar-refractivity contribution < 1.29 is 14.4 Å². The molecule has 40 heavy (non-hydrogen) atoms. The number of carbonyl (C=O) groups excluding carboxylic acids is 3. The summed E-state index contributed by atoms with van der Waals surface area (Å²) in [5.74, 6) is -0.655. The lowest BCUT2D eigenvalue weighted by Gasteiger charge is -2.11. The van der Waals surface area contributed by atoms with Crippen molar-refractivity contribution in [3.63, 3.8) is 0 Å². The number of amides is 3. The quantitative estimate of drug-likeness (QED) is 0.164. The van der Waals surface area contributed by atoms with Crippen molar-refractivity contribution in [1.29, 1.82) is 0 Å². The van der Waals surface area contributed by atoms with Crippen LogP contribution in [0.1, 0.15) is 26.3 Å². The third-order valence-corrected chi connectivity index (χ3v) is 8.21. The molecule has 200 valence electrons. The largest absolute Gasteiger partial charge is 0.348 e. The molecule has 4 aromatic carbocycles. The van der Waals surface area contributed by atoms with E-state index in [9.17, 15) is 14.4 Å². The molecule has 0 fully saturated rings. The lowest BCUT2D eigenvalue weighted by atomic mass is 10.1. The molecule has 0 aliphatic heterocycles. The zero-order chi connectivity index (χ0) is 27.9. The Kier molecular flexibility index (Phi) is 8.75. The third-order valence-electron chi connectivity index (χ3n) is 5.79. The molecule has 0 aliphatic carbocycles. The fraction of sp³-hybridized carbons (Fsp3) is 0.0667. The highest BCUT2D eigenvalue weighted by Gasteiger charge is 2.17. The van der Waals surface area contributed by atoms with Crippen molar-refractivity contribution >= 4 is 74.0 Å². The molecule has 0 bridgehead atoms. The summed E-state index contributed by atoms with van der Waals surface area (Å²) in [7, 11) is 0. The average Bonchev–Trinajstić information content (AvgIpc) is 3.39. The number of halogens is 1. The van der Waals surface area contributed by atoms with E-state index < -0.39 is 0 Å². The van der Waals surface area contributed by atoms with Crippen LogP contribution in [0.25, 0.3) is 10.2 Å². The van der Waals surface area contributed by atoms with Gasteiger partial charge in [0.25, 0.3) is 11.8 Å². The van der Waals surface area contributed by atoms with Crippen LogP contribution in [0, 0.1) is 0 Å². The number of carbonyl (C=O) groups is 3. The van der Waals surface area contributed by atoms with Crippen LogP contribution in [0.4, 0.5) is 11.4 Å². The molecule has 0 radical (unpaired) electrons. The first-order chi connectivity index (χ1) is 19.4. The van der Waals surface area contributed by atoms with Crippen LogP contribution in [-0.2, 0) is 11.3 Å². The van der Waals surface area contributed by atoms with Crippen LogP contribution >= 0.6 is 34.7 Å². The van der Waals surface area contributed by atoms with E-state index >= 15 is 0 Å². The van der Waals surface area contributed by atoms with Crippen molar-refractivity contribution in [3.05, 3.63) is 119 Å². The lowest BCUT2D eigenvalue weighted by molar-refractivity contribution is -0.113. The number of nitrogens with one attached hydrogen (secondary N) is 3. The zero-order valence-corrected chi connectivity index (χ0v) is 23.4. The summed E-state index contributed by atoms with van der Waals surface area (Å²) >= 11 is 8.66. The van der Waals surface area contributed by atoms with E-state index in [1.807, 2.05) is 42.5 Å². The minimum atomic E-state index is -0.386. The van der Waals surface area contributed by atoms with Gasteiger partial charge in [0.15, 0.2) is 4.34 Å². The average molecular weight is 587 g/mol. The molecule has 0 atom stereocenters. The number of anilines is 2. The Morgan fingerprint density at radius 1 is 0.775 bits per heavy atom. The number of hydrogen-bond donors (Lipinski definition) is 3. The monoisotopic (exact) mass is 586 g/mol. The van der Waals surface area contributed by atoms with E-state index in [0.29, 0.717) is 28.5 Å². The van der Waals surface area contributed by atoms with E-state index in [4.69, 9.17) is 11.6 Å². The fourth-order valence-electron chi connectivity index (χ4n) is 3.85. The molecule has 3 N–H and O–H groups in total. The van der Waals surface area contributed by atoms with E-state index in [1.54, 1.807) is 54.6 Å². The second-order valence-electron chi connectivity index (χ2n) is 8.67. The number of nitrogens with zero attached hydrogens (tertiary/aromatic N) is 1. The first kappa shape index (κ1) is 27.4. The normalized spacial score (nSPS) is 10.7. The van der Waals surface area contributed by atoms with Gasteiger partial charge in [0.2, 0.25) is 5.91 Å². The van der Waals surface area contributed by atoms with Gasteiger partial charge in [0.05, 0.1) is 27.1 Å². The van der Waals surface area contributed by atoms with Gasteiger partial charge >= 0.3 is 0 Å². The topological polar surface area (TPSA) is 100 Å². The molecule has 0 saturated heterocycles. The summed E-state index contributed by atoms with van der Waals surface area (Å²) in [6, 6.07) is 28.6. The minimum Gasteiger partial charge on any atom is -0.348 e. The third kappa shape index (κ3) is 7.06. The van der Waals surface area contributed by atoms with Crippen LogP contribution in [0.5, 0.6) is 0 Å². The van der Waals surface area contributed by atoms with E-state index in [0.717, 1.165) is 20.1 Å². The summed E-state index contributed by atoms with van der Waals surface area (Å²) in [6.45, 7) is 0.362. The summed E-state index contributed by atoms with van der Waals surface area (Å²) < 4.78 is 1.61. The molecule has 0 spiro atoms. The van der Waals surface area contributed by atoms with Crippen molar-refractivity contribution in [2.24, 2.45) is 0 Å². The Morgan fingerprint density at radius 3 is 2.20 bits per heavy atom. The molecule has 1 heterocycles. The van der Waals surface area contributed by atoms with Gasteiger partial charge in [-0.05, 0) is 60.2 Å². The Morgan fingerprint density at radius 2 is 1.45 bits per heavy atom. The van der Waals surface area contributed by atoms with Crippen molar-refractivity contribution in [3.8, 4) is 0 Å². The molecule has 0 saturated carbocycles. The van der Waals surface area contributed by atoms with Crippen LogP contribution in [-0.4, -0.2) is 28.5 Å². The number of rotatable bonds is 9. The summed E-state index contributed by atoms with van der Waals surface area (Å²) in [4.78, 5) is 42.9. The first-order valence-corrected chi connectivity index (χ1v) is 14.4. The van der Waals surface area contributed by atoms with E-state index in [1.165, 1.54) is 23.1 Å². The highest BCUT2D eigenvalue weighted by atomic mass is 35.5. The SMILES string of the molecule is O=C(CSc1nc2ccc(NC(=O)c3ccccc3C(=O)NCc3ccccc3)cc2s1)Nc1ccc(Cl)cc1. The minimum absolute atomic E-state index is 0.147. The Bertz CT molecular complexity index is 1670. The smallest absolute Gasteiger partial charge is 0.256 e. The van der Waals surface area contributed by atoms with Gasteiger partial charge in [-0.3, -0.25) is 14.4 Å². The van der Waals surface area contributed by atoms with Crippen LogP contribution < -0.4 is 16.0 Å². The van der Waals surface area contributed by atoms with Gasteiger partial charge in [-0.15, -0.1) is 11.3 Å². The highest BCUT2D eigenvalue weighted by molar-refractivity contribution is 8.01. The molecule has 0 unspecified atom stereocenters. The summed E-state index contributed by atoms with van der Waals surface area (Å²) in [6.07, 6.45) is 0.